The van der Waals surface area contributed by atoms with Crippen molar-refractivity contribution in [2.45, 2.75) is 58.4 Å². The monoisotopic (exact) mass is 424 g/mol. The summed E-state index contributed by atoms with van der Waals surface area (Å²) in [6.45, 7) is 6.45. The lowest BCUT2D eigenvalue weighted by Crippen LogP contribution is -2.45. The molecular formula is C21H27F3N4O2. The van der Waals surface area contributed by atoms with Crippen molar-refractivity contribution in [2.75, 3.05) is 7.05 Å². The number of nitrogens with one attached hydrogen (secondary N) is 1. The van der Waals surface area contributed by atoms with E-state index in [2.05, 4.69) is 31.1 Å². The summed E-state index contributed by atoms with van der Waals surface area (Å²) in [4.78, 5) is 30.2. The Morgan fingerprint density at radius 3 is 2.30 bits per heavy atom. The summed E-state index contributed by atoms with van der Waals surface area (Å²) >= 11 is 0. The largest absolute Gasteiger partial charge is 0.406 e. The van der Waals surface area contributed by atoms with Gasteiger partial charge in [-0.1, -0.05) is 32.9 Å². The summed E-state index contributed by atoms with van der Waals surface area (Å²) in [5.41, 5.74) is 1.46. The summed E-state index contributed by atoms with van der Waals surface area (Å²) in [7, 11) is 1.45. The minimum absolute atomic E-state index is 0.0429. The number of amides is 2. The molecule has 2 aromatic rings. The number of alkyl halides is 3. The lowest BCUT2D eigenvalue weighted by atomic mass is 9.86. The summed E-state index contributed by atoms with van der Waals surface area (Å²) in [5, 5.41) is 2.63. The number of benzene rings is 1. The van der Waals surface area contributed by atoms with Gasteiger partial charge in [0.25, 0.3) is 5.91 Å². The van der Waals surface area contributed by atoms with Gasteiger partial charge in [0.1, 0.15) is 18.4 Å². The number of aromatic nitrogens is 2. The van der Waals surface area contributed by atoms with Crippen LogP contribution < -0.4 is 5.32 Å². The van der Waals surface area contributed by atoms with Gasteiger partial charge >= 0.3 is 6.18 Å². The van der Waals surface area contributed by atoms with Gasteiger partial charge in [-0.2, -0.15) is 13.2 Å². The lowest BCUT2D eigenvalue weighted by molar-refractivity contribution is -0.141. The van der Waals surface area contributed by atoms with Crippen molar-refractivity contribution >= 4 is 11.8 Å². The first kappa shape index (κ1) is 23.4. The SMILES string of the molecule is CC(NC(=O)c1ccc(C(C)(C)C)cc1)C(=O)N(C)Cc1nccn1CC(F)(F)F. The van der Waals surface area contributed by atoms with Crippen molar-refractivity contribution in [2.24, 2.45) is 0 Å². The molecule has 0 aliphatic rings. The minimum atomic E-state index is -4.39. The van der Waals surface area contributed by atoms with Crippen LogP contribution in [0.4, 0.5) is 13.2 Å². The van der Waals surface area contributed by atoms with Gasteiger partial charge < -0.3 is 14.8 Å². The highest BCUT2D eigenvalue weighted by Crippen LogP contribution is 2.22. The molecule has 0 saturated heterocycles. The van der Waals surface area contributed by atoms with Crippen LogP contribution >= 0.6 is 0 Å². The zero-order chi connectivity index (χ0) is 22.7. The Bertz CT molecular complexity index is 883. The van der Waals surface area contributed by atoms with Crippen LogP contribution in [0.2, 0.25) is 0 Å². The standard InChI is InChI=1S/C21H27F3N4O2/c1-14(26-18(29)15-6-8-16(9-7-15)20(2,3)4)19(30)27(5)12-17-25-10-11-28(17)13-21(22,23)24/h6-11,14H,12-13H2,1-5H3,(H,26,29). The second-order valence-electron chi connectivity index (χ2n) is 8.30. The molecule has 0 saturated carbocycles. The highest BCUT2D eigenvalue weighted by Gasteiger charge is 2.29. The highest BCUT2D eigenvalue weighted by atomic mass is 19.4. The maximum atomic E-state index is 12.6. The predicted octanol–water partition coefficient (Wildman–Crippen LogP) is 3.52. The Balaban J connectivity index is 1.98. The normalized spacial score (nSPS) is 13.1. The van der Waals surface area contributed by atoms with Crippen molar-refractivity contribution < 1.29 is 22.8 Å². The first-order valence-corrected chi connectivity index (χ1v) is 9.51. The first-order valence-electron chi connectivity index (χ1n) is 9.51. The summed E-state index contributed by atoms with van der Waals surface area (Å²) in [5.74, 6) is -0.723. The molecule has 1 atom stereocenters. The summed E-state index contributed by atoms with van der Waals surface area (Å²) in [6.07, 6.45) is -1.92. The molecule has 1 unspecified atom stereocenters. The molecule has 1 N–H and O–H groups in total. The van der Waals surface area contributed by atoms with Crippen LogP contribution in [0.1, 0.15) is 49.4 Å². The molecule has 6 nitrogen and oxygen atoms in total. The van der Waals surface area contributed by atoms with Crippen LogP contribution in [0.25, 0.3) is 0 Å². The van der Waals surface area contributed by atoms with E-state index in [9.17, 15) is 22.8 Å². The number of carbonyl (C=O) groups excluding carboxylic acids is 2. The number of hydrogen-bond donors (Lipinski definition) is 1. The molecule has 0 bridgehead atoms. The summed E-state index contributed by atoms with van der Waals surface area (Å²) < 4.78 is 38.9. The van der Waals surface area contributed by atoms with Crippen LogP contribution in [0, 0.1) is 0 Å². The van der Waals surface area contributed by atoms with Gasteiger partial charge in [0.15, 0.2) is 0 Å². The quantitative estimate of drug-likeness (QED) is 0.772. The number of nitrogens with zero attached hydrogens (tertiary/aromatic N) is 3. The van der Waals surface area contributed by atoms with E-state index in [1.54, 1.807) is 12.1 Å². The average Bonchev–Trinajstić information content (AvgIpc) is 3.05. The first-order chi connectivity index (χ1) is 13.8. The van der Waals surface area contributed by atoms with E-state index in [1.165, 1.54) is 31.3 Å². The van der Waals surface area contributed by atoms with Gasteiger partial charge in [0.05, 0.1) is 6.54 Å². The molecule has 9 heteroatoms. The van der Waals surface area contributed by atoms with Gasteiger partial charge in [-0.3, -0.25) is 9.59 Å². The van der Waals surface area contributed by atoms with E-state index >= 15 is 0 Å². The van der Waals surface area contributed by atoms with Crippen LogP contribution in [0.5, 0.6) is 0 Å². The van der Waals surface area contributed by atoms with Crippen molar-refractivity contribution in [3.63, 3.8) is 0 Å². The van der Waals surface area contributed by atoms with Crippen LogP contribution in [0.3, 0.4) is 0 Å². The fraction of sp³-hybridized carbons (Fsp3) is 0.476. The molecule has 0 radical (unpaired) electrons. The Morgan fingerprint density at radius 1 is 1.17 bits per heavy atom. The number of likely N-dealkylation sites (N-methyl/N-ethyl adjacent to an activating group) is 1. The van der Waals surface area contributed by atoms with Crippen LogP contribution in [0.15, 0.2) is 36.7 Å². The van der Waals surface area contributed by atoms with Gasteiger partial charge in [-0.25, -0.2) is 4.98 Å². The number of rotatable bonds is 6. The molecule has 1 aromatic carbocycles. The molecule has 0 fully saturated rings. The molecule has 30 heavy (non-hydrogen) atoms. The number of imidazole rings is 1. The lowest BCUT2D eigenvalue weighted by Gasteiger charge is -2.23. The topological polar surface area (TPSA) is 67.2 Å². The molecule has 1 aromatic heterocycles. The molecule has 0 aliphatic heterocycles. The Labute approximate surface area is 174 Å². The van der Waals surface area contributed by atoms with Crippen LogP contribution in [-0.4, -0.2) is 45.5 Å². The molecule has 0 aliphatic carbocycles. The van der Waals surface area contributed by atoms with Gasteiger partial charge in [-0.05, 0) is 30.0 Å². The van der Waals surface area contributed by atoms with Crippen molar-refractivity contribution in [3.8, 4) is 0 Å². The zero-order valence-corrected chi connectivity index (χ0v) is 17.7. The van der Waals surface area contributed by atoms with E-state index < -0.39 is 30.6 Å². The third-order valence-corrected chi connectivity index (χ3v) is 4.64. The van der Waals surface area contributed by atoms with Crippen molar-refractivity contribution in [3.05, 3.63) is 53.6 Å². The molecule has 1 heterocycles. The van der Waals surface area contributed by atoms with Gasteiger partial charge in [-0.15, -0.1) is 0 Å². The summed E-state index contributed by atoms with van der Waals surface area (Å²) in [6, 6.07) is 6.29. The van der Waals surface area contributed by atoms with Crippen molar-refractivity contribution in [1.29, 1.82) is 0 Å². The Hall–Kier alpha value is -2.84. The second kappa shape index (κ2) is 8.89. The fourth-order valence-electron chi connectivity index (χ4n) is 2.91. The minimum Gasteiger partial charge on any atom is -0.341 e. The smallest absolute Gasteiger partial charge is 0.341 e. The molecular weight excluding hydrogens is 397 g/mol. The molecule has 164 valence electrons. The number of carbonyl (C=O) groups is 2. The third kappa shape index (κ3) is 6.33. The van der Waals surface area contributed by atoms with E-state index in [1.807, 2.05) is 12.1 Å². The molecule has 2 amide bonds. The number of halogens is 3. The zero-order valence-electron chi connectivity index (χ0n) is 17.7. The maximum absolute atomic E-state index is 12.6. The van der Waals surface area contributed by atoms with E-state index in [-0.39, 0.29) is 17.8 Å². The van der Waals surface area contributed by atoms with Crippen LogP contribution in [-0.2, 0) is 23.3 Å². The average molecular weight is 424 g/mol. The Kier molecular flexibility index (Phi) is 6.95. The third-order valence-electron chi connectivity index (χ3n) is 4.64. The van der Waals surface area contributed by atoms with E-state index in [0.29, 0.717) is 5.56 Å². The second-order valence-corrected chi connectivity index (χ2v) is 8.30. The predicted molar refractivity (Wildman–Crippen MR) is 107 cm³/mol. The van der Waals surface area contributed by atoms with Gasteiger partial charge in [0, 0.05) is 25.0 Å². The van der Waals surface area contributed by atoms with Gasteiger partial charge in [0.2, 0.25) is 5.91 Å². The molecule has 2 rings (SSSR count). The highest BCUT2D eigenvalue weighted by molar-refractivity contribution is 5.97. The van der Waals surface area contributed by atoms with E-state index in [0.717, 1.165) is 10.1 Å². The number of hydrogen-bond acceptors (Lipinski definition) is 3. The maximum Gasteiger partial charge on any atom is 0.406 e. The Morgan fingerprint density at radius 2 is 1.77 bits per heavy atom. The molecule has 0 spiro atoms. The fourth-order valence-corrected chi connectivity index (χ4v) is 2.91. The van der Waals surface area contributed by atoms with Crippen molar-refractivity contribution in [1.82, 2.24) is 19.8 Å². The van der Waals surface area contributed by atoms with E-state index in [4.69, 9.17) is 0 Å².